The molecule has 82 valence electrons. The highest BCUT2D eigenvalue weighted by atomic mass is 14.0. The first-order chi connectivity index (χ1) is 7.86. The topological polar surface area (TPSA) is 0 Å². The van der Waals surface area contributed by atoms with Gasteiger partial charge in [0.25, 0.3) is 0 Å². The van der Waals surface area contributed by atoms with Crippen LogP contribution in [0.15, 0.2) is 65.8 Å². The van der Waals surface area contributed by atoms with E-state index in [2.05, 4.69) is 61.6 Å². The molecule has 1 aliphatic carbocycles. The van der Waals surface area contributed by atoms with Crippen molar-refractivity contribution in [2.24, 2.45) is 0 Å². The second-order valence-electron chi connectivity index (χ2n) is 4.22. The molecule has 0 aromatic heterocycles. The molecule has 0 fully saturated rings. The quantitative estimate of drug-likeness (QED) is 0.691. The van der Waals surface area contributed by atoms with Gasteiger partial charge in [0.15, 0.2) is 0 Å². The highest BCUT2D eigenvalue weighted by Gasteiger charge is 1.99. The Bertz CT molecular complexity index is 419. The first kappa shape index (κ1) is 10.9. The lowest BCUT2D eigenvalue weighted by Crippen LogP contribution is -1.88. The van der Waals surface area contributed by atoms with Crippen LogP contribution >= 0.6 is 0 Å². The smallest absolute Gasteiger partial charge is 0.00915 e. The summed E-state index contributed by atoms with van der Waals surface area (Å²) in [6.45, 7) is 2.20. The molecular weight excluding hydrogens is 192 g/mol. The molecule has 16 heavy (non-hydrogen) atoms. The molecule has 0 heteroatoms. The van der Waals surface area contributed by atoms with Crippen molar-refractivity contribution in [2.45, 2.75) is 26.2 Å². The van der Waals surface area contributed by atoms with E-state index in [9.17, 15) is 0 Å². The molecule has 2 rings (SSSR count). The Labute approximate surface area is 98.0 Å². The molecule has 1 aliphatic rings. The van der Waals surface area contributed by atoms with Crippen molar-refractivity contribution in [2.75, 3.05) is 0 Å². The zero-order chi connectivity index (χ0) is 11.2. The molecule has 0 spiro atoms. The van der Waals surface area contributed by atoms with Gasteiger partial charge in [0, 0.05) is 0 Å². The summed E-state index contributed by atoms with van der Waals surface area (Å²) in [5, 5.41) is 0. The molecule has 0 radical (unpaired) electrons. The van der Waals surface area contributed by atoms with Crippen molar-refractivity contribution in [3.63, 3.8) is 0 Å². The van der Waals surface area contributed by atoms with E-state index in [-0.39, 0.29) is 0 Å². The Balaban J connectivity index is 2.02. The zero-order valence-electron chi connectivity index (χ0n) is 9.82. The number of benzene rings is 1. The number of allylic oxidation sites excluding steroid dienone is 6. The standard InChI is InChI=1S/C16H18/c1-14(16-10-6-3-7-11-16)12-13-15-8-4-2-5-9-15/h2,4-6,8-12H,3,7,13H2,1H3/b14-12+. The van der Waals surface area contributed by atoms with Gasteiger partial charge in [-0.15, -0.1) is 0 Å². The maximum absolute atomic E-state index is 2.33. The summed E-state index contributed by atoms with van der Waals surface area (Å²) < 4.78 is 0. The first-order valence-electron chi connectivity index (χ1n) is 5.94. The molecule has 0 saturated heterocycles. The minimum Gasteiger partial charge on any atom is -0.0836 e. The van der Waals surface area contributed by atoms with Gasteiger partial charge < -0.3 is 0 Å². The van der Waals surface area contributed by atoms with Gasteiger partial charge in [-0.25, -0.2) is 0 Å². The second-order valence-corrected chi connectivity index (χ2v) is 4.22. The van der Waals surface area contributed by atoms with Crippen LogP contribution < -0.4 is 0 Å². The lowest BCUT2D eigenvalue weighted by molar-refractivity contribution is 1.02. The Kier molecular flexibility index (Phi) is 3.76. The average molecular weight is 210 g/mol. The molecule has 1 aromatic rings. The molecule has 0 heterocycles. The summed E-state index contributed by atoms with van der Waals surface area (Å²) in [5.41, 5.74) is 4.16. The lowest BCUT2D eigenvalue weighted by atomic mass is 9.99. The monoisotopic (exact) mass is 210 g/mol. The highest BCUT2D eigenvalue weighted by Crippen LogP contribution is 2.18. The number of rotatable bonds is 3. The fourth-order valence-corrected chi connectivity index (χ4v) is 1.91. The first-order valence-corrected chi connectivity index (χ1v) is 5.94. The van der Waals surface area contributed by atoms with E-state index in [1.54, 1.807) is 0 Å². The van der Waals surface area contributed by atoms with E-state index in [1.807, 2.05) is 0 Å². The Morgan fingerprint density at radius 2 is 2.00 bits per heavy atom. The van der Waals surface area contributed by atoms with Crippen molar-refractivity contribution in [3.8, 4) is 0 Å². The molecule has 0 amide bonds. The van der Waals surface area contributed by atoms with Crippen molar-refractivity contribution >= 4 is 0 Å². The SMILES string of the molecule is C/C(=C\Cc1ccccc1)C1=CCCC=C1. The molecular formula is C16H18. The Morgan fingerprint density at radius 1 is 1.19 bits per heavy atom. The maximum atomic E-state index is 2.33. The zero-order valence-corrected chi connectivity index (χ0v) is 9.82. The van der Waals surface area contributed by atoms with Crippen LogP contribution in [-0.2, 0) is 6.42 Å². The molecule has 0 nitrogen and oxygen atoms in total. The summed E-state index contributed by atoms with van der Waals surface area (Å²) in [4.78, 5) is 0. The third-order valence-electron chi connectivity index (χ3n) is 2.94. The van der Waals surface area contributed by atoms with Gasteiger partial charge in [-0.05, 0) is 42.9 Å². The maximum Gasteiger partial charge on any atom is -0.00915 e. The molecule has 0 saturated carbocycles. The van der Waals surface area contributed by atoms with Crippen LogP contribution in [0.5, 0.6) is 0 Å². The van der Waals surface area contributed by atoms with E-state index in [0.717, 1.165) is 6.42 Å². The van der Waals surface area contributed by atoms with Crippen LogP contribution in [0, 0.1) is 0 Å². The molecule has 0 unspecified atom stereocenters. The van der Waals surface area contributed by atoms with Gasteiger partial charge in [0.2, 0.25) is 0 Å². The third-order valence-corrected chi connectivity index (χ3v) is 2.94. The van der Waals surface area contributed by atoms with Gasteiger partial charge >= 0.3 is 0 Å². The van der Waals surface area contributed by atoms with Gasteiger partial charge in [0.1, 0.15) is 0 Å². The van der Waals surface area contributed by atoms with Gasteiger partial charge in [-0.2, -0.15) is 0 Å². The van der Waals surface area contributed by atoms with Crippen LogP contribution in [-0.4, -0.2) is 0 Å². The fourth-order valence-electron chi connectivity index (χ4n) is 1.91. The molecule has 0 aliphatic heterocycles. The summed E-state index contributed by atoms with van der Waals surface area (Å²) in [6, 6.07) is 10.6. The molecule has 0 atom stereocenters. The van der Waals surface area contributed by atoms with Crippen molar-refractivity contribution in [3.05, 3.63) is 71.3 Å². The Morgan fingerprint density at radius 3 is 2.69 bits per heavy atom. The predicted molar refractivity (Wildman–Crippen MR) is 70.4 cm³/mol. The minimum atomic E-state index is 1.03. The normalized spacial score (nSPS) is 16.1. The van der Waals surface area contributed by atoms with E-state index < -0.39 is 0 Å². The van der Waals surface area contributed by atoms with Crippen LogP contribution in [0.4, 0.5) is 0 Å². The summed E-state index contributed by atoms with van der Waals surface area (Å²) in [6.07, 6.45) is 12.5. The van der Waals surface area contributed by atoms with Gasteiger partial charge in [0.05, 0.1) is 0 Å². The van der Waals surface area contributed by atoms with Crippen LogP contribution in [0.2, 0.25) is 0 Å². The van der Waals surface area contributed by atoms with Crippen LogP contribution in [0.1, 0.15) is 25.3 Å². The minimum absolute atomic E-state index is 1.03. The highest BCUT2D eigenvalue weighted by molar-refractivity contribution is 5.40. The van der Waals surface area contributed by atoms with E-state index in [4.69, 9.17) is 0 Å². The van der Waals surface area contributed by atoms with E-state index >= 15 is 0 Å². The fraction of sp³-hybridized carbons (Fsp3) is 0.250. The predicted octanol–water partition coefficient (Wildman–Crippen LogP) is 4.45. The molecule has 0 bridgehead atoms. The average Bonchev–Trinajstić information content (AvgIpc) is 2.38. The Hall–Kier alpha value is -1.56. The summed E-state index contributed by atoms with van der Waals surface area (Å²) >= 11 is 0. The van der Waals surface area contributed by atoms with E-state index in [0.29, 0.717) is 0 Å². The third kappa shape index (κ3) is 2.96. The molecule has 1 aromatic carbocycles. The van der Waals surface area contributed by atoms with Gasteiger partial charge in [-0.1, -0.05) is 54.6 Å². The van der Waals surface area contributed by atoms with Gasteiger partial charge in [-0.3, -0.25) is 0 Å². The second kappa shape index (κ2) is 5.50. The van der Waals surface area contributed by atoms with Crippen LogP contribution in [0.25, 0.3) is 0 Å². The number of hydrogen-bond acceptors (Lipinski definition) is 0. The van der Waals surface area contributed by atoms with Crippen molar-refractivity contribution in [1.82, 2.24) is 0 Å². The lowest BCUT2D eigenvalue weighted by Gasteiger charge is -2.07. The van der Waals surface area contributed by atoms with Crippen molar-refractivity contribution in [1.29, 1.82) is 0 Å². The number of hydrogen-bond donors (Lipinski definition) is 0. The largest absolute Gasteiger partial charge is 0.0836 e. The summed E-state index contributed by atoms with van der Waals surface area (Å²) in [7, 11) is 0. The summed E-state index contributed by atoms with van der Waals surface area (Å²) in [5.74, 6) is 0. The van der Waals surface area contributed by atoms with Crippen LogP contribution in [0.3, 0.4) is 0 Å². The molecule has 0 N–H and O–H groups in total. The van der Waals surface area contributed by atoms with E-state index in [1.165, 1.54) is 29.6 Å². The van der Waals surface area contributed by atoms with Crippen molar-refractivity contribution < 1.29 is 0 Å².